The number of hydrogen-bond donors (Lipinski definition) is 1. The Balaban J connectivity index is 1.79. The van der Waals surface area contributed by atoms with Crippen molar-refractivity contribution in [3.8, 4) is 0 Å². The highest BCUT2D eigenvalue weighted by Crippen LogP contribution is 2.57. The van der Waals surface area contributed by atoms with Gasteiger partial charge in [-0.1, -0.05) is 0 Å². The van der Waals surface area contributed by atoms with Crippen molar-refractivity contribution in [3.05, 3.63) is 16.4 Å². The van der Waals surface area contributed by atoms with E-state index in [0.29, 0.717) is 12.6 Å². The van der Waals surface area contributed by atoms with E-state index in [4.69, 9.17) is 4.74 Å². The topological polar surface area (TPSA) is 39.1 Å². The van der Waals surface area contributed by atoms with Gasteiger partial charge in [-0.3, -0.25) is 4.68 Å². The summed E-state index contributed by atoms with van der Waals surface area (Å²) in [6, 6.07) is 0.404. The first-order valence-electron chi connectivity index (χ1n) is 7.12. The van der Waals surface area contributed by atoms with E-state index in [2.05, 4.69) is 38.1 Å². The second-order valence-corrected chi connectivity index (χ2v) is 6.70. The van der Waals surface area contributed by atoms with Crippen molar-refractivity contribution >= 4 is 15.9 Å². The molecule has 3 atom stereocenters. The van der Waals surface area contributed by atoms with Crippen LogP contribution in [-0.2, 0) is 11.3 Å². The van der Waals surface area contributed by atoms with Gasteiger partial charge in [0, 0.05) is 7.11 Å². The summed E-state index contributed by atoms with van der Waals surface area (Å²) in [4.78, 5) is 0. The van der Waals surface area contributed by atoms with Crippen molar-refractivity contribution < 1.29 is 4.74 Å². The van der Waals surface area contributed by atoms with E-state index in [1.165, 1.54) is 25.0 Å². The maximum atomic E-state index is 5.18. The molecule has 19 heavy (non-hydrogen) atoms. The van der Waals surface area contributed by atoms with Gasteiger partial charge in [0.1, 0.15) is 0 Å². The molecular formula is C14H22BrN3O. The van der Waals surface area contributed by atoms with Gasteiger partial charge in [0.25, 0.3) is 0 Å². The summed E-state index contributed by atoms with van der Waals surface area (Å²) < 4.78 is 8.37. The number of hydrogen-bond acceptors (Lipinski definition) is 3. The van der Waals surface area contributed by atoms with Crippen molar-refractivity contribution in [2.45, 2.75) is 31.8 Å². The largest absolute Gasteiger partial charge is 0.383 e. The summed E-state index contributed by atoms with van der Waals surface area (Å²) in [5.41, 5.74) is 1.28. The summed E-state index contributed by atoms with van der Waals surface area (Å²) >= 11 is 3.66. The van der Waals surface area contributed by atoms with Crippen LogP contribution in [0, 0.1) is 17.8 Å². The Morgan fingerprint density at radius 1 is 1.47 bits per heavy atom. The molecule has 1 aromatic heterocycles. The molecule has 2 fully saturated rings. The van der Waals surface area contributed by atoms with E-state index >= 15 is 0 Å². The van der Waals surface area contributed by atoms with Gasteiger partial charge in [-0.05, 0) is 60.0 Å². The number of ether oxygens (including phenoxy) is 1. The Morgan fingerprint density at radius 3 is 2.84 bits per heavy atom. The van der Waals surface area contributed by atoms with Crippen LogP contribution in [0.4, 0.5) is 0 Å². The first-order chi connectivity index (χ1) is 9.24. The van der Waals surface area contributed by atoms with Crippen LogP contribution in [0.25, 0.3) is 0 Å². The van der Waals surface area contributed by atoms with Gasteiger partial charge in [-0.25, -0.2) is 0 Å². The Morgan fingerprint density at radius 2 is 2.21 bits per heavy atom. The Bertz CT molecular complexity index is 438. The molecule has 5 heteroatoms. The van der Waals surface area contributed by atoms with Gasteiger partial charge in [0.05, 0.1) is 35.6 Å². The fourth-order valence-corrected chi connectivity index (χ4v) is 4.21. The van der Waals surface area contributed by atoms with E-state index in [0.717, 1.165) is 28.8 Å². The Kier molecular flexibility index (Phi) is 3.96. The first kappa shape index (κ1) is 13.6. The molecule has 0 aromatic carbocycles. The summed E-state index contributed by atoms with van der Waals surface area (Å²) in [5, 5.41) is 7.99. The lowest BCUT2D eigenvalue weighted by molar-refractivity contribution is 0.180. The molecule has 2 saturated carbocycles. The fourth-order valence-electron chi connectivity index (χ4n) is 3.67. The number of fused-ring (bicyclic) bond motifs is 1. The maximum absolute atomic E-state index is 5.18. The summed E-state index contributed by atoms with van der Waals surface area (Å²) in [6.07, 6.45) is 6.12. The number of methoxy groups -OCH3 is 1. The molecule has 0 bridgehead atoms. The zero-order chi connectivity index (χ0) is 13.4. The zero-order valence-electron chi connectivity index (χ0n) is 11.6. The average Bonchev–Trinajstić information content (AvgIpc) is 2.86. The standard InChI is InChI=1S/C14H22BrN3O/c1-16-13(11-6-9-5-10(9)7-11)14-12(15)8-17-18(14)3-4-19-2/h8-11,13,16H,3-7H2,1-2H3. The number of rotatable bonds is 6. The van der Waals surface area contributed by atoms with Gasteiger partial charge in [-0.15, -0.1) is 0 Å². The van der Waals surface area contributed by atoms with E-state index < -0.39 is 0 Å². The molecule has 106 valence electrons. The summed E-state index contributed by atoms with van der Waals surface area (Å²) in [7, 11) is 3.80. The van der Waals surface area contributed by atoms with Gasteiger partial charge in [0.2, 0.25) is 0 Å². The maximum Gasteiger partial charge on any atom is 0.0699 e. The molecule has 2 aliphatic carbocycles. The lowest BCUT2D eigenvalue weighted by Crippen LogP contribution is -2.28. The van der Waals surface area contributed by atoms with Crippen LogP contribution in [0.15, 0.2) is 10.7 Å². The third kappa shape index (κ3) is 2.60. The van der Waals surface area contributed by atoms with Crippen LogP contribution in [0.3, 0.4) is 0 Å². The van der Waals surface area contributed by atoms with Crippen molar-refractivity contribution in [2.24, 2.45) is 17.8 Å². The minimum atomic E-state index is 0.404. The quantitative estimate of drug-likeness (QED) is 0.872. The Labute approximate surface area is 123 Å². The molecule has 3 rings (SSSR count). The van der Waals surface area contributed by atoms with Crippen LogP contribution in [0.1, 0.15) is 31.0 Å². The number of aromatic nitrogens is 2. The van der Waals surface area contributed by atoms with Crippen molar-refractivity contribution in [1.29, 1.82) is 0 Å². The fraction of sp³-hybridized carbons (Fsp3) is 0.786. The van der Waals surface area contributed by atoms with Gasteiger partial charge >= 0.3 is 0 Å². The molecule has 3 unspecified atom stereocenters. The van der Waals surface area contributed by atoms with E-state index in [1.807, 2.05) is 6.20 Å². The van der Waals surface area contributed by atoms with Crippen LogP contribution in [-0.4, -0.2) is 30.5 Å². The normalized spacial score (nSPS) is 30.4. The molecule has 1 heterocycles. The summed E-state index contributed by atoms with van der Waals surface area (Å²) in [5.74, 6) is 2.77. The van der Waals surface area contributed by atoms with E-state index in [9.17, 15) is 0 Å². The second-order valence-electron chi connectivity index (χ2n) is 5.85. The smallest absolute Gasteiger partial charge is 0.0699 e. The zero-order valence-corrected chi connectivity index (χ0v) is 13.2. The molecular weight excluding hydrogens is 306 g/mol. The molecule has 0 spiro atoms. The lowest BCUT2D eigenvalue weighted by Gasteiger charge is -2.26. The third-order valence-electron chi connectivity index (χ3n) is 4.70. The third-order valence-corrected chi connectivity index (χ3v) is 5.31. The second kappa shape index (κ2) is 5.54. The van der Waals surface area contributed by atoms with Crippen LogP contribution in [0.2, 0.25) is 0 Å². The van der Waals surface area contributed by atoms with Gasteiger partial charge in [0.15, 0.2) is 0 Å². The molecule has 0 amide bonds. The van der Waals surface area contributed by atoms with Crippen molar-refractivity contribution in [1.82, 2.24) is 15.1 Å². The monoisotopic (exact) mass is 327 g/mol. The lowest BCUT2D eigenvalue weighted by atomic mass is 9.92. The average molecular weight is 328 g/mol. The molecule has 2 aliphatic rings. The highest BCUT2D eigenvalue weighted by atomic mass is 79.9. The van der Waals surface area contributed by atoms with Crippen LogP contribution >= 0.6 is 15.9 Å². The molecule has 0 saturated heterocycles. The Hall–Kier alpha value is -0.390. The molecule has 0 aliphatic heterocycles. The SMILES string of the molecule is CNC(c1c(Br)cnn1CCOC)C1CC2CC2C1. The number of nitrogens with zero attached hydrogens (tertiary/aromatic N) is 2. The molecule has 4 nitrogen and oxygen atoms in total. The number of nitrogens with one attached hydrogen (secondary N) is 1. The predicted octanol–water partition coefficient (Wildman–Crippen LogP) is 2.60. The van der Waals surface area contributed by atoms with Gasteiger partial charge < -0.3 is 10.1 Å². The number of halogens is 1. The first-order valence-corrected chi connectivity index (χ1v) is 7.91. The van der Waals surface area contributed by atoms with Crippen LogP contribution in [0.5, 0.6) is 0 Å². The van der Waals surface area contributed by atoms with Gasteiger partial charge in [-0.2, -0.15) is 5.10 Å². The predicted molar refractivity (Wildman–Crippen MR) is 77.9 cm³/mol. The molecule has 0 radical (unpaired) electrons. The molecule has 1 N–H and O–H groups in total. The highest BCUT2D eigenvalue weighted by Gasteiger charge is 2.48. The van der Waals surface area contributed by atoms with Crippen LogP contribution < -0.4 is 5.32 Å². The highest BCUT2D eigenvalue weighted by molar-refractivity contribution is 9.10. The molecule has 1 aromatic rings. The van der Waals surface area contributed by atoms with Crippen molar-refractivity contribution in [2.75, 3.05) is 20.8 Å². The minimum absolute atomic E-state index is 0.404. The summed E-state index contributed by atoms with van der Waals surface area (Å²) in [6.45, 7) is 1.52. The van der Waals surface area contributed by atoms with E-state index in [-0.39, 0.29) is 0 Å². The van der Waals surface area contributed by atoms with Crippen molar-refractivity contribution in [3.63, 3.8) is 0 Å². The minimum Gasteiger partial charge on any atom is -0.383 e. The van der Waals surface area contributed by atoms with E-state index in [1.54, 1.807) is 7.11 Å².